The van der Waals surface area contributed by atoms with Gasteiger partial charge in [0.1, 0.15) is 5.75 Å². The number of nitrogens with one attached hydrogen (secondary N) is 1. The first-order chi connectivity index (χ1) is 11.7. The fourth-order valence-corrected chi connectivity index (χ4v) is 4.14. The first kappa shape index (κ1) is 18.0. The Morgan fingerprint density at radius 2 is 1.92 bits per heavy atom. The molecule has 4 nitrogen and oxygen atoms in total. The Hall–Kier alpha value is -1.76. The van der Waals surface area contributed by atoms with Crippen LogP contribution < -0.4 is 15.8 Å². The number of carbonyl (C=O) groups excluding carboxylic acids is 1. The van der Waals surface area contributed by atoms with Gasteiger partial charge in [0.2, 0.25) is 5.91 Å². The van der Waals surface area contributed by atoms with Crippen LogP contribution in [0.1, 0.15) is 37.8 Å². The average molecular weight is 356 g/mol. The predicted molar refractivity (Wildman–Crippen MR) is 86.8 cm³/mol. The zero-order valence-electron chi connectivity index (χ0n) is 14.1. The van der Waals surface area contributed by atoms with E-state index in [2.05, 4.69) is 10.1 Å². The predicted octanol–water partition coefficient (Wildman–Crippen LogP) is 3.18. The van der Waals surface area contributed by atoms with E-state index < -0.39 is 12.8 Å². The molecule has 5 atom stereocenters. The summed E-state index contributed by atoms with van der Waals surface area (Å²) in [5.41, 5.74) is 7.01. The molecule has 5 unspecified atom stereocenters. The van der Waals surface area contributed by atoms with E-state index >= 15 is 0 Å². The van der Waals surface area contributed by atoms with Crippen molar-refractivity contribution in [1.82, 2.24) is 5.32 Å². The smallest absolute Gasteiger partial charge is 0.422 e. The topological polar surface area (TPSA) is 64.4 Å². The maximum absolute atomic E-state index is 12.6. The highest BCUT2D eigenvalue weighted by Crippen LogP contribution is 2.47. The quantitative estimate of drug-likeness (QED) is 0.852. The highest BCUT2D eigenvalue weighted by Gasteiger charge is 2.49. The highest BCUT2D eigenvalue weighted by atomic mass is 19.4. The maximum Gasteiger partial charge on any atom is 0.422 e. The SMILES string of the molecule is CC(NC(=O)C1C2CCC(C2)C1N)c1ccc(OCC(F)(F)F)cc1. The van der Waals surface area contributed by atoms with Crippen molar-refractivity contribution in [3.63, 3.8) is 0 Å². The van der Waals surface area contributed by atoms with Crippen molar-refractivity contribution in [1.29, 1.82) is 0 Å². The second kappa shape index (κ2) is 6.86. The van der Waals surface area contributed by atoms with Crippen LogP contribution in [-0.4, -0.2) is 24.7 Å². The maximum atomic E-state index is 12.6. The van der Waals surface area contributed by atoms with Crippen LogP contribution in [-0.2, 0) is 4.79 Å². The molecule has 2 fully saturated rings. The average Bonchev–Trinajstić information content (AvgIpc) is 3.13. The lowest BCUT2D eigenvalue weighted by atomic mass is 9.84. The molecule has 1 aromatic carbocycles. The van der Waals surface area contributed by atoms with Crippen molar-refractivity contribution in [2.45, 2.75) is 44.4 Å². The number of fused-ring (bicyclic) bond motifs is 2. The van der Waals surface area contributed by atoms with Crippen LogP contribution in [0, 0.1) is 17.8 Å². The standard InChI is InChI=1S/C18H23F3N2O2/c1-10(11-4-6-14(7-5-11)25-9-18(19,20)21)23-17(24)15-12-2-3-13(8-12)16(15)22/h4-7,10,12-13,15-16H,2-3,8-9,22H2,1H3,(H,23,24). The number of benzene rings is 1. The number of nitrogens with two attached hydrogens (primary N) is 1. The lowest BCUT2D eigenvalue weighted by Gasteiger charge is -2.28. The molecule has 1 amide bonds. The molecule has 0 radical (unpaired) electrons. The fraction of sp³-hybridized carbons (Fsp3) is 0.611. The van der Waals surface area contributed by atoms with Gasteiger partial charge in [-0.25, -0.2) is 0 Å². The number of amides is 1. The number of carbonyl (C=O) groups is 1. The van der Waals surface area contributed by atoms with Gasteiger partial charge in [-0.2, -0.15) is 13.2 Å². The molecule has 0 saturated heterocycles. The van der Waals surface area contributed by atoms with Crippen LogP contribution in [0.15, 0.2) is 24.3 Å². The minimum Gasteiger partial charge on any atom is -0.484 e. The molecular formula is C18H23F3N2O2. The zero-order chi connectivity index (χ0) is 18.2. The number of rotatable bonds is 5. The molecule has 0 spiro atoms. The summed E-state index contributed by atoms with van der Waals surface area (Å²) in [6.07, 6.45) is -1.14. The molecule has 2 bridgehead atoms. The van der Waals surface area contributed by atoms with Gasteiger partial charge in [0.15, 0.2) is 6.61 Å². The molecule has 2 aliphatic carbocycles. The highest BCUT2D eigenvalue weighted by molar-refractivity contribution is 5.80. The van der Waals surface area contributed by atoms with Gasteiger partial charge in [0, 0.05) is 6.04 Å². The molecule has 138 valence electrons. The first-order valence-corrected chi connectivity index (χ1v) is 8.60. The second-order valence-electron chi connectivity index (χ2n) is 7.14. The number of hydrogen-bond acceptors (Lipinski definition) is 3. The van der Waals surface area contributed by atoms with Gasteiger partial charge in [-0.3, -0.25) is 4.79 Å². The summed E-state index contributed by atoms with van der Waals surface area (Å²) < 4.78 is 41.1. The Balaban J connectivity index is 1.56. The van der Waals surface area contributed by atoms with Crippen molar-refractivity contribution < 1.29 is 22.7 Å². The lowest BCUT2D eigenvalue weighted by Crippen LogP contribution is -2.45. The number of ether oxygens (including phenoxy) is 1. The van der Waals surface area contributed by atoms with Gasteiger partial charge in [-0.05, 0) is 55.7 Å². The van der Waals surface area contributed by atoms with E-state index in [0.717, 1.165) is 24.8 Å². The third-order valence-electron chi connectivity index (χ3n) is 5.42. The molecule has 0 aromatic heterocycles. The summed E-state index contributed by atoms with van der Waals surface area (Å²) in [4.78, 5) is 12.6. The minimum absolute atomic E-state index is 0.0235. The molecule has 0 aliphatic heterocycles. The van der Waals surface area contributed by atoms with Gasteiger partial charge in [-0.15, -0.1) is 0 Å². The summed E-state index contributed by atoms with van der Waals surface area (Å²) in [6, 6.07) is 5.98. The monoisotopic (exact) mass is 356 g/mol. The molecule has 3 rings (SSSR count). The summed E-state index contributed by atoms with van der Waals surface area (Å²) >= 11 is 0. The van der Waals surface area contributed by atoms with Crippen LogP contribution >= 0.6 is 0 Å². The van der Waals surface area contributed by atoms with Crippen molar-refractivity contribution in [3.8, 4) is 5.75 Å². The Morgan fingerprint density at radius 3 is 2.48 bits per heavy atom. The Kier molecular flexibility index (Phi) is 4.95. The van der Waals surface area contributed by atoms with Crippen molar-refractivity contribution in [2.75, 3.05) is 6.61 Å². The summed E-state index contributed by atoms with van der Waals surface area (Å²) in [7, 11) is 0. The van der Waals surface area contributed by atoms with Gasteiger partial charge < -0.3 is 15.8 Å². The molecule has 25 heavy (non-hydrogen) atoms. The number of alkyl halides is 3. The first-order valence-electron chi connectivity index (χ1n) is 8.60. The van der Waals surface area contributed by atoms with Gasteiger partial charge in [0.05, 0.1) is 12.0 Å². The Labute approximate surface area is 144 Å². The van der Waals surface area contributed by atoms with E-state index in [1.807, 2.05) is 6.92 Å². The van der Waals surface area contributed by atoms with Crippen LogP contribution in [0.4, 0.5) is 13.2 Å². The third-order valence-corrected chi connectivity index (χ3v) is 5.42. The largest absolute Gasteiger partial charge is 0.484 e. The van der Waals surface area contributed by atoms with Gasteiger partial charge in [-0.1, -0.05) is 12.1 Å². The zero-order valence-corrected chi connectivity index (χ0v) is 14.1. The molecule has 0 heterocycles. The molecule has 2 aliphatic rings. The van der Waals surface area contributed by atoms with Crippen molar-refractivity contribution >= 4 is 5.91 Å². The summed E-state index contributed by atoms with van der Waals surface area (Å²) in [6.45, 7) is 0.531. The van der Waals surface area contributed by atoms with E-state index in [0.29, 0.717) is 11.8 Å². The van der Waals surface area contributed by atoms with Gasteiger partial charge in [0.25, 0.3) is 0 Å². The van der Waals surface area contributed by atoms with Crippen molar-refractivity contribution in [3.05, 3.63) is 29.8 Å². The van der Waals surface area contributed by atoms with Crippen LogP contribution in [0.25, 0.3) is 0 Å². The lowest BCUT2D eigenvalue weighted by molar-refractivity contribution is -0.153. The molecule has 3 N–H and O–H groups in total. The second-order valence-corrected chi connectivity index (χ2v) is 7.14. The van der Waals surface area contributed by atoms with Crippen LogP contribution in [0.2, 0.25) is 0 Å². The van der Waals surface area contributed by atoms with E-state index in [1.165, 1.54) is 12.1 Å². The third kappa shape index (κ3) is 4.08. The fourth-order valence-electron chi connectivity index (χ4n) is 4.14. The number of hydrogen-bond donors (Lipinski definition) is 2. The van der Waals surface area contributed by atoms with E-state index in [-0.39, 0.29) is 29.7 Å². The van der Waals surface area contributed by atoms with E-state index in [4.69, 9.17) is 5.73 Å². The minimum atomic E-state index is -4.36. The molecule has 7 heteroatoms. The molecule has 2 saturated carbocycles. The normalized spacial score (nSPS) is 29.5. The Bertz CT molecular complexity index is 616. The van der Waals surface area contributed by atoms with E-state index in [9.17, 15) is 18.0 Å². The van der Waals surface area contributed by atoms with Crippen LogP contribution in [0.3, 0.4) is 0 Å². The van der Waals surface area contributed by atoms with E-state index in [1.54, 1.807) is 12.1 Å². The summed E-state index contributed by atoms with van der Waals surface area (Å²) in [5.74, 6) is 0.835. The number of halogens is 3. The van der Waals surface area contributed by atoms with Gasteiger partial charge >= 0.3 is 6.18 Å². The Morgan fingerprint density at radius 1 is 1.28 bits per heavy atom. The molecular weight excluding hydrogens is 333 g/mol. The molecule has 1 aromatic rings. The summed E-state index contributed by atoms with van der Waals surface area (Å²) in [5, 5.41) is 2.99. The van der Waals surface area contributed by atoms with Crippen LogP contribution in [0.5, 0.6) is 5.75 Å². The van der Waals surface area contributed by atoms with Crippen molar-refractivity contribution in [2.24, 2.45) is 23.5 Å².